The van der Waals surface area contributed by atoms with Crippen molar-refractivity contribution in [3.63, 3.8) is 0 Å². The van der Waals surface area contributed by atoms with Crippen LogP contribution >= 0.6 is 0 Å². The maximum atomic E-state index is 13.0. The first-order valence-electron chi connectivity index (χ1n) is 12.1. The van der Waals surface area contributed by atoms with Crippen molar-refractivity contribution < 1.29 is 18.0 Å². The fraction of sp³-hybridized carbons (Fsp3) is 0.259. The number of carbonyl (C=O) groups excluding carboxylic acids is 1. The minimum absolute atomic E-state index is 0.323. The molecule has 0 unspecified atom stereocenters. The highest BCUT2D eigenvalue weighted by atomic mass is 19.4. The zero-order valence-corrected chi connectivity index (χ0v) is 20.9. The summed E-state index contributed by atoms with van der Waals surface area (Å²) in [7, 11) is 2.12. The predicted octanol–water partition coefficient (Wildman–Crippen LogP) is 4.66. The van der Waals surface area contributed by atoms with Gasteiger partial charge in [0.1, 0.15) is 11.4 Å². The number of piperazine rings is 1. The van der Waals surface area contributed by atoms with Gasteiger partial charge in [0.15, 0.2) is 0 Å². The second-order valence-corrected chi connectivity index (χ2v) is 9.26. The van der Waals surface area contributed by atoms with Crippen LogP contribution in [0.4, 0.5) is 24.5 Å². The molecule has 0 bridgehead atoms. The standard InChI is InChI=1S/C27H26F3N7O/c1-18-6-7-21(33-26(38)23-4-3-5-25(34-23)27(28,29)30)13-24(18)37-17-20(15-32-37)19-12-22(16-31-14-19)36-10-8-35(2)9-11-36/h3-7,12-17H,8-11H2,1-2H3,(H,33,38). The maximum Gasteiger partial charge on any atom is 0.433 e. The molecule has 11 heteroatoms. The first-order valence-corrected chi connectivity index (χ1v) is 12.1. The average molecular weight is 522 g/mol. The Kier molecular flexibility index (Phi) is 6.85. The molecule has 4 heterocycles. The number of amides is 1. The van der Waals surface area contributed by atoms with E-state index in [1.165, 1.54) is 6.07 Å². The summed E-state index contributed by atoms with van der Waals surface area (Å²) in [5.74, 6) is -0.737. The summed E-state index contributed by atoms with van der Waals surface area (Å²) < 4.78 is 40.7. The molecule has 8 nitrogen and oxygen atoms in total. The van der Waals surface area contributed by atoms with Gasteiger partial charge in [-0.05, 0) is 49.9 Å². The number of nitrogens with one attached hydrogen (secondary N) is 1. The third-order valence-electron chi connectivity index (χ3n) is 6.49. The zero-order chi connectivity index (χ0) is 26.9. The second-order valence-electron chi connectivity index (χ2n) is 9.26. The molecule has 3 aromatic heterocycles. The van der Waals surface area contributed by atoms with Crippen LogP contribution in [0.25, 0.3) is 16.8 Å². The smallest absolute Gasteiger partial charge is 0.368 e. The number of likely N-dealkylation sites (N-methyl/N-ethyl adjacent to an activating group) is 1. The second kappa shape index (κ2) is 10.3. The number of carbonyl (C=O) groups is 1. The highest BCUT2D eigenvalue weighted by Crippen LogP contribution is 2.28. The molecule has 1 aromatic carbocycles. The number of hydrogen-bond acceptors (Lipinski definition) is 6. The van der Waals surface area contributed by atoms with Gasteiger partial charge >= 0.3 is 6.18 Å². The number of nitrogens with zero attached hydrogens (tertiary/aromatic N) is 6. The first-order chi connectivity index (χ1) is 18.2. The predicted molar refractivity (Wildman–Crippen MR) is 138 cm³/mol. The van der Waals surface area contributed by atoms with Crippen molar-refractivity contribution >= 4 is 17.3 Å². The highest BCUT2D eigenvalue weighted by molar-refractivity contribution is 6.03. The van der Waals surface area contributed by atoms with Crippen molar-refractivity contribution in [3.05, 3.63) is 84.2 Å². The van der Waals surface area contributed by atoms with Crippen LogP contribution in [0, 0.1) is 6.92 Å². The Hall–Kier alpha value is -4.25. The fourth-order valence-corrected chi connectivity index (χ4v) is 4.28. The Morgan fingerprint density at radius 2 is 1.76 bits per heavy atom. The molecule has 1 saturated heterocycles. The largest absolute Gasteiger partial charge is 0.433 e. The van der Waals surface area contributed by atoms with Gasteiger partial charge in [0, 0.05) is 55.4 Å². The van der Waals surface area contributed by atoms with Crippen molar-refractivity contribution in [2.75, 3.05) is 43.4 Å². The van der Waals surface area contributed by atoms with E-state index in [2.05, 4.69) is 43.3 Å². The third-order valence-corrected chi connectivity index (χ3v) is 6.49. The Morgan fingerprint density at radius 3 is 2.53 bits per heavy atom. The van der Waals surface area contributed by atoms with E-state index in [4.69, 9.17) is 0 Å². The number of benzene rings is 1. The summed E-state index contributed by atoms with van der Waals surface area (Å²) in [6, 6.07) is 10.5. The Balaban J connectivity index is 1.36. The summed E-state index contributed by atoms with van der Waals surface area (Å²) in [6.07, 6.45) is 2.67. The summed E-state index contributed by atoms with van der Waals surface area (Å²) >= 11 is 0. The number of halogens is 3. The van der Waals surface area contributed by atoms with E-state index < -0.39 is 17.8 Å². The van der Waals surface area contributed by atoms with E-state index in [-0.39, 0.29) is 5.69 Å². The topological polar surface area (TPSA) is 79.2 Å². The van der Waals surface area contributed by atoms with Gasteiger partial charge in [0.2, 0.25) is 0 Å². The van der Waals surface area contributed by atoms with Crippen molar-refractivity contribution in [2.24, 2.45) is 0 Å². The molecule has 1 N–H and O–H groups in total. The summed E-state index contributed by atoms with van der Waals surface area (Å²) in [5.41, 5.74) is 3.47. The minimum atomic E-state index is -4.63. The van der Waals surface area contributed by atoms with Crippen molar-refractivity contribution in [1.82, 2.24) is 24.6 Å². The molecule has 4 aromatic rings. The number of anilines is 2. The van der Waals surface area contributed by atoms with E-state index in [0.717, 1.165) is 60.7 Å². The van der Waals surface area contributed by atoms with Crippen LogP contribution in [-0.2, 0) is 6.18 Å². The number of pyridine rings is 2. The summed E-state index contributed by atoms with van der Waals surface area (Å²) in [6.45, 7) is 5.78. The quantitative estimate of drug-likeness (QED) is 0.412. The van der Waals surface area contributed by atoms with Crippen molar-refractivity contribution in [2.45, 2.75) is 13.1 Å². The minimum Gasteiger partial charge on any atom is -0.368 e. The zero-order valence-electron chi connectivity index (χ0n) is 20.9. The molecular formula is C27H26F3N7O. The average Bonchev–Trinajstić information content (AvgIpc) is 3.40. The third kappa shape index (κ3) is 5.52. The molecule has 1 aliphatic heterocycles. The number of rotatable bonds is 5. The van der Waals surface area contributed by atoms with Gasteiger partial charge < -0.3 is 15.1 Å². The van der Waals surface area contributed by atoms with Gasteiger partial charge in [-0.3, -0.25) is 9.78 Å². The Labute approximate surface area is 217 Å². The van der Waals surface area contributed by atoms with Gasteiger partial charge in [-0.15, -0.1) is 0 Å². The molecular weight excluding hydrogens is 495 g/mol. The van der Waals surface area contributed by atoms with E-state index in [0.29, 0.717) is 11.4 Å². The number of aromatic nitrogens is 4. The molecule has 1 fully saturated rings. The van der Waals surface area contributed by atoms with Gasteiger partial charge in [0.05, 0.1) is 23.8 Å². The van der Waals surface area contributed by atoms with Crippen LogP contribution in [0.1, 0.15) is 21.7 Å². The lowest BCUT2D eigenvalue weighted by molar-refractivity contribution is -0.141. The van der Waals surface area contributed by atoms with Crippen LogP contribution in [0.2, 0.25) is 0 Å². The lowest BCUT2D eigenvalue weighted by Gasteiger charge is -2.33. The van der Waals surface area contributed by atoms with Crippen LogP contribution in [-0.4, -0.2) is 63.8 Å². The van der Waals surface area contributed by atoms with Crippen LogP contribution in [0.5, 0.6) is 0 Å². The maximum absolute atomic E-state index is 13.0. The van der Waals surface area contributed by atoms with E-state index in [9.17, 15) is 18.0 Å². The van der Waals surface area contributed by atoms with E-state index >= 15 is 0 Å². The molecule has 0 spiro atoms. The summed E-state index contributed by atoms with van der Waals surface area (Å²) in [4.78, 5) is 25.1. The SMILES string of the molecule is Cc1ccc(NC(=O)c2cccc(C(F)(F)F)n2)cc1-n1cc(-c2cncc(N3CCN(C)CC3)c2)cn1. The number of hydrogen-bond donors (Lipinski definition) is 1. The molecule has 0 aliphatic carbocycles. The Morgan fingerprint density at radius 1 is 0.974 bits per heavy atom. The van der Waals surface area contributed by atoms with Crippen molar-refractivity contribution in [1.29, 1.82) is 0 Å². The van der Waals surface area contributed by atoms with E-state index in [1.54, 1.807) is 35.3 Å². The molecule has 196 valence electrons. The van der Waals surface area contributed by atoms with Gasteiger partial charge in [-0.25, -0.2) is 9.67 Å². The van der Waals surface area contributed by atoms with Gasteiger partial charge in [-0.2, -0.15) is 18.3 Å². The van der Waals surface area contributed by atoms with Crippen LogP contribution < -0.4 is 10.2 Å². The van der Waals surface area contributed by atoms with E-state index in [1.807, 2.05) is 19.3 Å². The highest BCUT2D eigenvalue weighted by Gasteiger charge is 2.33. The fourth-order valence-electron chi connectivity index (χ4n) is 4.28. The molecule has 1 aliphatic rings. The Bertz CT molecular complexity index is 1460. The lowest BCUT2D eigenvalue weighted by Crippen LogP contribution is -2.44. The van der Waals surface area contributed by atoms with Gasteiger partial charge in [-0.1, -0.05) is 12.1 Å². The molecule has 0 atom stereocenters. The molecule has 0 saturated carbocycles. The molecule has 38 heavy (non-hydrogen) atoms. The summed E-state index contributed by atoms with van der Waals surface area (Å²) in [5, 5.41) is 7.14. The molecule has 1 amide bonds. The van der Waals surface area contributed by atoms with Crippen LogP contribution in [0.3, 0.4) is 0 Å². The monoisotopic (exact) mass is 521 g/mol. The number of alkyl halides is 3. The lowest BCUT2D eigenvalue weighted by atomic mass is 10.1. The van der Waals surface area contributed by atoms with Crippen LogP contribution in [0.15, 0.2) is 67.3 Å². The van der Waals surface area contributed by atoms with Crippen molar-refractivity contribution in [3.8, 4) is 16.8 Å². The normalized spacial score (nSPS) is 14.5. The molecule has 5 rings (SSSR count). The molecule has 0 radical (unpaired) electrons. The first kappa shape index (κ1) is 25.4. The van der Waals surface area contributed by atoms with Gasteiger partial charge in [0.25, 0.3) is 5.91 Å². The number of aryl methyl sites for hydroxylation is 1.